The van der Waals surface area contributed by atoms with E-state index in [0.29, 0.717) is 18.6 Å². The minimum atomic E-state index is -1.15. The number of carbonyl (C=O) groups is 3. The fourth-order valence-electron chi connectivity index (χ4n) is 3.11. The minimum absolute atomic E-state index is 0.0129. The molecule has 1 N–H and O–H groups in total. The van der Waals surface area contributed by atoms with Crippen LogP contribution in [0.25, 0.3) is 0 Å². The summed E-state index contributed by atoms with van der Waals surface area (Å²) >= 11 is 0. The lowest BCUT2D eigenvalue weighted by Crippen LogP contribution is -2.40. The lowest BCUT2D eigenvalue weighted by Gasteiger charge is -2.19. The second kappa shape index (κ2) is 5.02. The second-order valence-electron chi connectivity index (χ2n) is 5.83. The number of nitrogens with one attached hydrogen (secondary N) is 1. The van der Waals surface area contributed by atoms with Gasteiger partial charge in [-0.25, -0.2) is 4.79 Å². The highest BCUT2D eigenvalue weighted by molar-refractivity contribution is 6.06. The maximum absolute atomic E-state index is 12.5. The molecule has 1 saturated heterocycles. The van der Waals surface area contributed by atoms with Gasteiger partial charge >= 0.3 is 6.03 Å². The van der Waals surface area contributed by atoms with Crippen LogP contribution in [0.1, 0.15) is 38.4 Å². The largest absolute Gasteiger partial charge is 0.466 e. The van der Waals surface area contributed by atoms with Crippen LogP contribution in [0.4, 0.5) is 4.79 Å². The standard InChI is InChI=1S/C15H18N2O4/c1-15(12-6-3-9-21-12)13(19)17(14(20)16-15)8-7-10-4-2-5-11(10)18/h3,6,9-10H,2,4-5,7-8H2,1H3,(H,16,20). The van der Waals surface area contributed by atoms with Crippen LogP contribution in [0.2, 0.25) is 0 Å². The normalized spacial score (nSPS) is 29.3. The molecule has 3 amide bonds. The number of hydrogen-bond donors (Lipinski definition) is 1. The number of Topliss-reactive ketones (excluding diaryl/α,β-unsaturated/α-hetero) is 1. The Labute approximate surface area is 122 Å². The fourth-order valence-corrected chi connectivity index (χ4v) is 3.11. The summed E-state index contributed by atoms with van der Waals surface area (Å²) < 4.78 is 5.27. The zero-order valence-corrected chi connectivity index (χ0v) is 11.9. The van der Waals surface area contributed by atoms with E-state index < -0.39 is 11.6 Å². The first-order valence-electron chi connectivity index (χ1n) is 7.23. The maximum Gasteiger partial charge on any atom is 0.325 e. The third kappa shape index (κ3) is 2.24. The first-order valence-corrected chi connectivity index (χ1v) is 7.23. The summed E-state index contributed by atoms with van der Waals surface area (Å²) in [5.41, 5.74) is -1.15. The molecule has 0 aromatic carbocycles. The van der Waals surface area contributed by atoms with Crippen molar-refractivity contribution >= 4 is 17.7 Å². The van der Waals surface area contributed by atoms with Gasteiger partial charge < -0.3 is 9.73 Å². The number of ketones is 1. The van der Waals surface area contributed by atoms with Crippen LogP contribution in [0.3, 0.4) is 0 Å². The van der Waals surface area contributed by atoms with E-state index in [1.54, 1.807) is 19.1 Å². The fraction of sp³-hybridized carbons (Fsp3) is 0.533. The molecule has 21 heavy (non-hydrogen) atoms. The molecule has 3 rings (SSSR count). The molecule has 1 aliphatic carbocycles. The van der Waals surface area contributed by atoms with E-state index in [1.165, 1.54) is 11.2 Å². The number of furan rings is 1. The van der Waals surface area contributed by atoms with Gasteiger partial charge in [0.25, 0.3) is 5.91 Å². The molecule has 112 valence electrons. The highest BCUT2D eigenvalue weighted by atomic mass is 16.3. The van der Waals surface area contributed by atoms with E-state index >= 15 is 0 Å². The number of urea groups is 1. The number of hydrogen-bond acceptors (Lipinski definition) is 4. The predicted octanol–water partition coefficient (Wildman–Crippen LogP) is 1.81. The summed E-state index contributed by atoms with van der Waals surface area (Å²) in [5, 5.41) is 2.68. The first kappa shape index (κ1) is 13.9. The number of imide groups is 1. The highest BCUT2D eigenvalue weighted by Crippen LogP contribution is 2.30. The van der Waals surface area contributed by atoms with E-state index in [4.69, 9.17) is 4.42 Å². The third-order valence-electron chi connectivity index (χ3n) is 4.42. The Morgan fingerprint density at radius 2 is 2.24 bits per heavy atom. The van der Waals surface area contributed by atoms with Crippen molar-refractivity contribution < 1.29 is 18.8 Å². The molecule has 0 spiro atoms. The molecule has 2 fully saturated rings. The molecule has 1 saturated carbocycles. The summed E-state index contributed by atoms with van der Waals surface area (Å²) in [6.07, 6.45) is 4.41. The topological polar surface area (TPSA) is 79.6 Å². The molecule has 2 heterocycles. The number of rotatable bonds is 4. The van der Waals surface area contributed by atoms with E-state index in [9.17, 15) is 14.4 Å². The van der Waals surface area contributed by atoms with E-state index in [-0.39, 0.29) is 24.2 Å². The molecule has 6 nitrogen and oxygen atoms in total. The third-order valence-corrected chi connectivity index (χ3v) is 4.42. The first-order chi connectivity index (χ1) is 10.0. The van der Waals surface area contributed by atoms with Gasteiger partial charge in [-0.2, -0.15) is 0 Å². The molecule has 2 unspecified atom stereocenters. The quantitative estimate of drug-likeness (QED) is 0.858. The van der Waals surface area contributed by atoms with Crippen molar-refractivity contribution in [2.24, 2.45) is 5.92 Å². The van der Waals surface area contributed by atoms with Gasteiger partial charge in [0.05, 0.1) is 6.26 Å². The summed E-state index contributed by atoms with van der Waals surface area (Å²) in [6.45, 7) is 1.91. The van der Waals surface area contributed by atoms with Gasteiger partial charge in [-0.1, -0.05) is 0 Å². The SMILES string of the molecule is CC1(c2ccco2)NC(=O)N(CCC2CCCC2=O)C1=O. The van der Waals surface area contributed by atoms with Crippen molar-refractivity contribution in [2.75, 3.05) is 6.54 Å². The molecule has 1 aromatic heterocycles. The zero-order valence-electron chi connectivity index (χ0n) is 11.9. The lowest BCUT2D eigenvalue weighted by atomic mass is 9.98. The van der Waals surface area contributed by atoms with Crippen LogP contribution in [-0.2, 0) is 15.1 Å². The number of nitrogens with zero attached hydrogens (tertiary/aromatic N) is 1. The Hall–Kier alpha value is -2.11. The molecule has 0 bridgehead atoms. The van der Waals surface area contributed by atoms with Gasteiger partial charge in [-0.3, -0.25) is 14.5 Å². The Morgan fingerprint density at radius 1 is 1.43 bits per heavy atom. The van der Waals surface area contributed by atoms with Crippen LogP contribution in [0.15, 0.2) is 22.8 Å². The van der Waals surface area contributed by atoms with E-state index in [2.05, 4.69) is 5.32 Å². The summed E-state index contributed by atoms with van der Waals surface area (Å²) in [5.74, 6) is 0.324. The Bertz CT molecular complexity index is 581. The molecular formula is C15H18N2O4. The van der Waals surface area contributed by atoms with Crippen molar-refractivity contribution in [3.63, 3.8) is 0 Å². The smallest absolute Gasteiger partial charge is 0.325 e. The van der Waals surface area contributed by atoms with Crippen molar-refractivity contribution in [2.45, 2.75) is 38.1 Å². The van der Waals surface area contributed by atoms with Gasteiger partial charge in [-0.15, -0.1) is 0 Å². The summed E-state index contributed by atoms with van der Waals surface area (Å²) in [4.78, 5) is 37.4. The predicted molar refractivity (Wildman–Crippen MR) is 73.3 cm³/mol. The van der Waals surface area contributed by atoms with Crippen LogP contribution in [-0.4, -0.2) is 29.2 Å². The van der Waals surface area contributed by atoms with Gasteiger partial charge in [-0.05, 0) is 38.3 Å². The summed E-state index contributed by atoms with van der Waals surface area (Å²) in [7, 11) is 0. The average molecular weight is 290 g/mol. The molecule has 2 atom stereocenters. The van der Waals surface area contributed by atoms with Gasteiger partial charge in [0.2, 0.25) is 0 Å². The monoisotopic (exact) mass is 290 g/mol. The lowest BCUT2D eigenvalue weighted by molar-refractivity contribution is -0.132. The minimum Gasteiger partial charge on any atom is -0.466 e. The molecule has 6 heteroatoms. The summed E-state index contributed by atoms with van der Waals surface area (Å²) in [6, 6.07) is 2.92. The Kier molecular flexibility index (Phi) is 3.31. The van der Waals surface area contributed by atoms with E-state index in [1.807, 2.05) is 0 Å². The van der Waals surface area contributed by atoms with Gasteiger partial charge in [0, 0.05) is 18.9 Å². The second-order valence-corrected chi connectivity index (χ2v) is 5.83. The molecule has 1 aromatic rings. The maximum atomic E-state index is 12.5. The molecular weight excluding hydrogens is 272 g/mol. The van der Waals surface area contributed by atoms with E-state index in [0.717, 1.165) is 12.8 Å². The molecule has 2 aliphatic rings. The zero-order chi connectivity index (χ0) is 15.0. The average Bonchev–Trinajstić information content (AvgIpc) is 3.13. The van der Waals surface area contributed by atoms with Crippen molar-refractivity contribution in [1.29, 1.82) is 0 Å². The highest BCUT2D eigenvalue weighted by Gasteiger charge is 2.50. The van der Waals surface area contributed by atoms with Crippen LogP contribution >= 0.6 is 0 Å². The van der Waals surface area contributed by atoms with Crippen LogP contribution in [0.5, 0.6) is 0 Å². The number of amides is 3. The van der Waals surface area contributed by atoms with Crippen molar-refractivity contribution in [1.82, 2.24) is 10.2 Å². The van der Waals surface area contributed by atoms with Crippen LogP contribution < -0.4 is 5.32 Å². The number of carbonyl (C=O) groups excluding carboxylic acids is 3. The molecule has 0 radical (unpaired) electrons. The van der Waals surface area contributed by atoms with Crippen LogP contribution in [0, 0.1) is 5.92 Å². The van der Waals surface area contributed by atoms with Gasteiger partial charge in [0.1, 0.15) is 11.5 Å². The van der Waals surface area contributed by atoms with Crippen molar-refractivity contribution in [3.05, 3.63) is 24.2 Å². The molecule has 1 aliphatic heterocycles. The van der Waals surface area contributed by atoms with Crippen molar-refractivity contribution in [3.8, 4) is 0 Å². The van der Waals surface area contributed by atoms with Gasteiger partial charge in [0.15, 0.2) is 5.54 Å². The Morgan fingerprint density at radius 3 is 2.86 bits per heavy atom. The Balaban J connectivity index is 1.71.